The molecule has 0 spiro atoms. The second kappa shape index (κ2) is 6.66. The van der Waals surface area contributed by atoms with Gasteiger partial charge in [-0.25, -0.2) is 4.39 Å². The zero-order valence-corrected chi connectivity index (χ0v) is 11.4. The molecule has 0 bridgehead atoms. The zero-order chi connectivity index (χ0) is 13.7. The van der Waals surface area contributed by atoms with Gasteiger partial charge < -0.3 is 10.2 Å². The summed E-state index contributed by atoms with van der Waals surface area (Å²) in [6, 6.07) is 6.21. The molecule has 19 heavy (non-hydrogen) atoms. The molecule has 0 aromatic heterocycles. The van der Waals surface area contributed by atoms with Gasteiger partial charge in [-0.2, -0.15) is 0 Å². The van der Waals surface area contributed by atoms with E-state index in [1.54, 1.807) is 12.1 Å². The van der Waals surface area contributed by atoms with Gasteiger partial charge in [-0.15, -0.1) is 0 Å². The average Bonchev–Trinajstić information content (AvgIpc) is 2.38. The average molecular weight is 264 g/mol. The first kappa shape index (κ1) is 14.0. The summed E-state index contributed by atoms with van der Waals surface area (Å²) in [5.74, 6) is 0.262. The van der Waals surface area contributed by atoms with Gasteiger partial charge in [-0.1, -0.05) is 12.1 Å². The Bertz CT molecular complexity index is 428. The van der Waals surface area contributed by atoms with E-state index < -0.39 is 0 Å². The lowest BCUT2D eigenvalue weighted by molar-refractivity contribution is -0.120. The summed E-state index contributed by atoms with van der Waals surface area (Å²) in [6.45, 7) is 2.94. The van der Waals surface area contributed by atoms with E-state index in [2.05, 4.69) is 17.3 Å². The molecule has 1 aromatic carbocycles. The van der Waals surface area contributed by atoms with E-state index in [-0.39, 0.29) is 18.1 Å². The van der Waals surface area contributed by atoms with Crippen LogP contribution in [-0.2, 0) is 11.2 Å². The number of halogens is 1. The largest absolute Gasteiger partial charge is 0.356 e. The predicted octanol–water partition coefficient (Wildman–Crippen LogP) is 1.83. The van der Waals surface area contributed by atoms with Crippen LogP contribution in [0, 0.1) is 11.7 Å². The van der Waals surface area contributed by atoms with E-state index in [0.29, 0.717) is 5.92 Å². The molecule has 1 saturated heterocycles. The van der Waals surface area contributed by atoms with Crippen LogP contribution in [-0.4, -0.2) is 37.5 Å². The van der Waals surface area contributed by atoms with E-state index in [1.165, 1.54) is 12.1 Å². The normalized spacial score (nSPS) is 17.4. The van der Waals surface area contributed by atoms with Crippen molar-refractivity contribution < 1.29 is 9.18 Å². The summed E-state index contributed by atoms with van der Waals surface area (Å²) < 4.78 is 13.0. The molecule has 1 heterocycles. The quantitative estimate of drug-likeness (QED) is 0.900. The van der Waals surface area contributed by atoms with Crippen LogP contribution < -0.4 is 5.32 Å². The van der Waals surface area contributed by atoms with Crippen LogP contribution in [0.15, 0.2) is 24.3 Å². The van der Waals surface area contributed by atoms with Gasteiger partial charge >= 0.3 is 0 Å². The summed E-state index contributed by atoms with van der Waals surface area (Å²) in [6.07, 6.45) is 2.53. The maximum atomic E-state index is 13.0. The van der Waals surface area contributed by atoms with E-state index in [4.69, 9.17) is 0 Å². The van der Waals surface area contributed by atoms with Crippen LogP contribution in [0.5, 0.6) is 0 Å². The van der Waals surface area contributed by atoms with Gasteiger partial charge in [0.1, 0.15) is 5.82 Å². The molecule has 4 heteroatoms. The van der Waals surface area contributed by atoms with Crippen molar-refractivity contribution in [3.63, 3.8) is 0 Å². The minimum atomic E-state index is -0.291. The third-order valence-electron chi connectivity index (χ3n) is 3.68. The molecule has 104 valence electrons. The summed E-state index contributed by atoms with van der Waals surface area (Å²) >= 11 is 0. The van der Waals surface area contributed by atoms with Crippen molar-refractivity contribution >= 4 is 5.91 Å². The molecular formula is C15H21FN2O. The van der Waals surface area contributed by atoms with Gasteiger partial charge in [0.05, 0.1) is 6.42 Å². The van der Waals surface area contributed by atoms with Crippen LogP contribution in [0.1, 0.15) is 18.4 Å². The Hall–Kier alpha value is -1.42. The van der Waals surface area contributed by atoms with E-state index in [0.717, 1.165) is 38.0 Å². The number of benzene rings is 1. The first-order valence-corrected chi connectivity index (χ1v) is 6.83. The number of rotatable bonds is 4. The van der Waals surface area contributed by atoms with Crippen molar-refractivity contribution in [3.05, 3.63) is 35.6 Å². The summed E-state index contributed by atoms with van der Waals surface area (Å²) in [5.41, 5.74) is 0.723. The minimum Gasteiger partial charge on any atom is -0.356 e. The van der Waals surface area contributed by atoms with Gasteiger partial charge in [0.15, 0.2) is 0 Å². The molecule has 0 atom stereocenters. The Morgan fingerprint density at radius 1 is 1.42 bits per heavy atom. The zero-order valence-electron chi connectivity index (χ0n) is 11.4. The predicted molar refractivity (Wildman–Crippen MR) is 73.3 cm³/mol. The van der Waals surface area contributed by atoms with Crippen molar-refractivity contribution in [2.45, 2.75) is 19.3 Å². The Kier molecular flexibility index (Phi) is 4.91. The van der Waals surface area contributed by atoms with Gasteiger partial charge in [0, 0.05) is 6.54 Å². The standard InChI is InChI=1S/C15H21FN2O/c1-18-7-5-12(6-8-18)11-17-15(19)10-13-3-2-4-14(16)9-13/h2-4,9,12H,5-8,10-11H2,1H3,(H,17,19). The number of carbonyl (C=O) groups is 1. The monoisotopic (exact) mass is 264 g/mol. The topological polar surface area (TPSA) is 32.3 Å². The maximum Gasteiger partial charge on any atom is 0.224 e. The molecule has 1 fully saturated rings. The third kappa shape index (κ3) is 4.63. The lowest BCUT2D eigenvalue weighted by Crippen LogP contribution is -2.37. The fraction of sp³-hybridized carbons (Fsp3) is 0.533. The molecule has 1 aliphatic rings. The van der Waals surface area contributed by atoms with E-state index in [9.17, 15) is 9.18 Å². The lowest BCUT2D eigenvalue weighted by atomic mass is 9.97. The molecule has 0 unspecified atom stereocenters. The number of likely N-dealkylation sites (tertiary alicyclic amines) is 1. The molecule has 0 aliphatic carbocycles. The first-order chi connectivity index (χ1) is 9.13. The van der Waals surface area contributed by atoms with Crippen molar-refractivity contribution in [2.75, 3.05) is 26.7 Å². The van der Waals surface area contributed by atoms with Crippen LogP contribution in [0.2, 0.25) is 0 Å². The number of hydrogen-bond donors (Lipinski definition) is 1. The second-order valence-corrected chi connectivity index (χ2v) is 5.36. The van der Waals surface area contributed by atoms with Crippen molar-refractivity contribution in [1.82, 2.24) is 10.2 Å². The summed E-state index contributed by atoms with van der Waals surface area (Å²) in [7, 11) is 2.12. The van der Waals surface area contributed by atoms with Gasteiger partial charge in [0.25, 0.3) is 0 Å². The Labute approximate surface area is 113 Å². The Balaban J connectivity index is 1.73. The molecule has 1 N–H and O–H groups in total. The molecular weight excluding hydrogens is 243 g/mol. The summed E-state index contributed by atoms with van der Waals surface area (Å²) in [5, 5.41) is 2.96. The highest BCUT2D eigenvalue weighted by atomic mass is 19.1. The molecule has 1 aromatic rings. The molecule has 0 radical (unpaired) electrons. The van der Waals surface area contributed by atoms with Crippen LogP contribution in [0.25, 0.3) is 0 Å². The number of carbonyl (C=O) groups excluding carboxylic acids is 1. The van der Waals surface area contributed by atoms with Crippen molar-refractivity contribution in [2.24, 2.45) is 5.92 Å². The Morgan fingerprint density at radius 3 is 2.84 bits per heavy atom. The second-order valence-electron chi connectivity index (χ2n) is 5.36. The fourth-order valence-electron chi connectivity index (χ4n) is 2.42. The number of nitrogens with one attached hydrogen (secondary N) is 1. The number of amides is 1. The number of hydrogen-bond acceptors (Lipinski definition) is 2. The van der Waals surface area contributed by atoms with Crippen LogP contribution >= 0.6 is 0 Å². The van der Waals surface area contributed by atoms with Gasteiger partial charge in [0.2, 0.25) is 5.91 Å². The SMILES string of the molecule is CN1CCC(CNC(=O)Cc2cccc(F)c2)CC1. The highest BCUT2D eigenvalue weighted by Crippen LogP contribution is 2.14. The minimum absolute atomic E-state index is 0.0236. The lowest BCUT2D eigenvalue weighted by Gasteiger charge is -2.28. The fourth-order valence-corrected chi connectivity index (χ4v) is 2.42. The molecule has 3 nitrogen and oxygen atoms in total. The molecule has 2 rings (SSSR count). The van der Waals surface area contributed by atoms with E-state index >= 15 is 0 Å². The smallest absolute Gasteiger partial charge is 0.224 e. The van der Waals surface area contributed by atoms with E-state index in [1.807, 2.05) is 0 Å². The van der Waals surface area contributed by atoms with Gasteiger partial charge in [-0.3, -0.25) is 4.79 Å². The highest BCUT2D eigenvalue weighted by Gasteiger charge is 2.17. The number of nitrogens with zero attached hydrogens (tertiary/aromatic N) is 1. The first-order valence-electron chi connectivity index (χ1n) is 6.83. The molecule has 1 aliphatic heterocycles. The van der Waals surface area contributed by atoms with Crippen molar-refractivity contribution in [3.8, 4) is 0 Å². The third-order valence-corrected chi connectivity index (χ3v) is 3.68. The highest BCUT2D eigenvalue weighted by molar-refractivity contribution is 5.78. The Morgan fingerprint density at radius 2 is 2.16 bits per heavy atom. The number of piperidine rings is 1. The van der Waals surface area contributed by atoms with Crippen molar-refractivity contribution in [1.29, 1.82) is 0 Å². The van der Waals surface area contributed by atoms with Crippen LogP contribution in [0.3, 0.4) is 0 Å². The van der Waals surface area contributed by atoms with Crippen LogP contribution in [0.4, 0.5) is 4.39 Å². The summed E-state index contributed by atoms with van der Waals surface area (Å²) in [4.78, 5) is 14.1. The molecule has 1 amide bonds. The molecule has 0 saturated carbocycles. The van der Waals surface area contributed by atoms with Gasteiger partial charge in [-0.05, 0) is 56.6 Å². The maximum absolute atomic E-state index is 13.0.